The summed E-state index contributed by atoms with van der Waals surface area (Å²) in [5.74, 6) is -0.755. The number of benzene rings is 1. The highest BCUT2D eigenvalue weighted by atomic mass is 16.5. The third-order valence-electron chi connectivity index (χ3n) is 2.84. The highest BCUT2D eigenvalue weighted by Gasteiger charge is 2.20. The maximum Gasteiger partial charge on any atom is 0.335 e. The molecule has 0 radical (unpaired) electrons. The first-order chi connectivity index (χ1) is 9.32. The quantitative estimate of drug-likeness (QED) is 0.868. The molecule has 0 aromatic heterocycles. The lowest BCUT2D eigenvalue weighted by molar-refractivity contribution is -0.136. The number of carbonyl (C=O) groups excluding carboxylic acids is 1. The van der Waals surface area contributed by atoms with E-state index in [0.29, 0.717) is 5.75 Å². The van der Waals surface area contributed by atoms with Crippen LogP contribution < -0.4 is 4.74 Å². The van der Waals surface area contributed by atoms with Crippen molar-refractivity contribution in [3.8, 4) is 5.75 Å². The standard InChI is InChI=1S/C15H21NO4/c1-10(2)16(11(3)4)14(17)9-20-13-7-5-6-12(8-13)15(18)19/h5-8,10-11H,9H2,1-4H3,(H,18,19). The Labute approximate surface area is 119 Å². The summed E-state index contributed by atoms with van der Waals surface area (Å²) in [6.07, 6.45) is 0. The van der Waals surface area contributed by atoms with Crippen molar-refractivity contribution in [2.45, 2.75) is 39.8 Å². The molecule has 5 nitrogen and oxygen atoms in total. The van der Waals surface area contributed by atoms with E-state index >= 15 is 0 Å². The van der Waals surface area contributed by atoms with Gasteiger partial charge in [-0.25, -0.2) is 4.79 Å². The van der Waals surface area contributed by atoms with Crippen molar-refractivity contribution in [2.24, 2.45) is 0 Å². The fourth-order valence-corrected chi connectivity index (χ4v) is 2.11. The number of aromatic carboxylic acids is 1. The van der Waals surface area contributed by atoms with E-state index in [4.69, 9.17) is 9.84 Å². The topological polar surface area (TPSA) is 66.8 Å². The molecule has 0 saturated carbocycles. The molecule has 1 aromatic rings. The van der Waals surface area contributed by atoms with Crippen LogP contribution in [0.3, 0.4) is 0 Å². The first kappa shape index (κ1) is 16.0. The van der Waals surface area contributed by atoms with Crippen LogP contribution in [-0.2, 0) is 4.79 Å². The highest BCUT2D eigenvalue weighted by Crippen LogP contribution is 2.14. The van der Waals surface area contributed by atoms with Gasteiger partial charge in [-0.1, -0.05) is 6.07 Å². The summed E-state index contributed by atoms with van der Waals surface area (Å²) in [7, 11) is 0. The summed E-state index contributed by atoms with van der Waals surface area (Å²) in [6.45, 7) is 7.69. The van der Waals surface area contributed by atoms with Crippen molar-refractivity contribution >= 4 is 11.9 Å². The zero-order valence-electron chi connectivity index (χ0n) is 12.3. The van der Waals surface area contributed by atoms with Gasteiger partial charge in [0.1, 0.15) is 5.75 Å². The molecule has 20 heavy (non-hydrogen) atoms. The Hall–Kier alpha value is -2.04. The van der Waals surface area contributed by atoms with Crippen LogP contribution in [0.15, 0.2) is 24.3 Å². The molecule has 110 valence electrons. The molecule has 5 heteroatoms. The summed E-state index contributed by atoms with van der Waals surface area (Å²) in [6, 6.07) is 6.30. The zero-order chi connectivity index (χ0) is 15.3. The van der Waals surface area contributed by atoms with E-state index in [1.165, 1.54) is 12.1 Å². The normalized spacial score (nSPS) is 10.7. The lowest BCUT2D eigenvalue weighted by Crippen LogP contribution is -2.44. The number of carboxylic acids is 1. The van der Waals surface area contributed by atoms with Crippen LogP contribution in [0.1, 0.15) is 38.1 Å². The number of carboxylic acid groups (broad SMARTS) is 1. The number of ether oxygens (including phenoxy) is 1. The second-order valence-electron chi connectivity index (χ2n) is 5.11. The van der Waals surface area contributed by atoms with Crippen molar-refractivity contribution in [2.75, 3.05) is 6.61 Å². The predicted molar refractivity (Wildman–Crippen MR) is 76.0 cm³/mol. The maximum atomic E-state index is 12.1. The summed E-state index contributed by atoms with van der Waals surface area (Å²) in [4.78, 5) is 24.7. The molecule has 0 aliphatic heterocycles. The van der Waals surface area contributed by atoms with Gasteiger partial charge in [0.05, 0.1) is 5.56 Å². The van der Waals surface area contributed by atoms with Gasteiger partial charge in [-0.15, -0.1) is 0 Å². The summed E-state index contributed by atoms with van der Waals surface area (Å²) >= 11 is 0. The second-order valence-corrected chi connectivity index (χ2v) is 5.11. The van der Waals surface area contributed by atoms with E-state index in [0.717, 1.165) is 0 Å². The summed E-state index contributed by atoms with van der Waals surface area (Å²) in [5, 5.41) is 8.89. The Morgan fingerprint density at radius 2 is 1.80 bits per heavy atom. The van der Waals surface area contributed by atoms with Gasteiger partial charge in [0.15, 0.2) is 6.61 Å². The van der Waals surface area contributed by atoms with E-state index in [-0.39, 0.29) is 30.2 Å². The summed E-state index contributed by atoms with van der Waals surface area (Å²) in [5.41, 5.74) is 0.138. The Morgan fingerprint density at radius 3 is 2.30 bits per heavy atom. The Morgan fingerprint density at radius 1 is 1.20 bits per heavy atom. The van der Waals surface area contributed by atoms with Crippen molar-refractivity contribution in [3.05, 3.63) is 29.8 Å². The van der Waals surface area contributed by atoms with Crippen molar-refractivity contribution in [3.63, 3.8) is 0 Å². The second kappa shape index (κ2) is 6.93. The van der Waals surface area contributed by atoms with E-state index < -0.39 is 5.97 Å². The van der Waals surface area contributed by atoms with Crippen molar-refractivity contribution in [1.82, 2.24) is 4.90 Å². The van der Waals surface area contributed by atoms with Gasteiger partial charge in [-0.2, -0.15) is 0 Å². The van der Waals surface area contributed by atoms with Crippen LogP contribution >= 0.6 is 0 Å². The van der Waals surface area contributed by atoms with Crippen molar-refractivity contribution in [1.29, 1.82) is 0 Å². The molecule has 0 spiro atoms. The highest BCUT2D eigenvalue weighted by molar-refractivity contribution is 5.88. The molecule has 0 heterocycles. The van der Waals surface area contributed by atoms with Crippen LogP contribution in [0.5, 0.6) is 5.75 Å². The SMILES string of the molecule is CC(C)N(C(=O)COc1cccc(C(=O)O)c1)C(C)C. The number of nitrogens with zero attached hydrogens (tertiary/aromatic N) is 1. The van der Waals surface area contributed by atoms with Crippen LogP contribution in [0.2, 0.25) is 0 Å². The van der Waals surface area contributed by atoms with Crippen LogP contribution in [0.25, 0.3) is 0 Å². The van der Waals surface area contributed by atoms with E-state index in [1.54, 1.807) is 17.0 Å². The van der Waals surface area contributed by atoms with Gasteiger partial charge in [0, 0.05) is 12.1 Å². The van der Waals surface area contributed by atoms with Gasteiger partial charge < -0.3 is 14.7 Å². The Balaban J connectivity index is 2.69. The van der Waals surface area contributed by atoms with Crippen LogP contribution in [0, 0.1) is 0 Å². The fraction of sp³-hybridized carbons (Fsp3) is 0.467. The molecule has 0 aliphatic carbocycles. The molecule has 1 rings (SSSR count). The molecular weight excluding hydrogens is 258 g/mol. The monoisotopic (exact) mass is 279 g/mol. The largest absolute Gasteiger partial charge is 0.484 e. The third kappa shape index (κ3) is 4.26. The van der Waals surface area contributed by atoms with Crippen molar-refractivity contribution < 1.29 is 19.4 Å². The molecule has 0 aliphatic rings. The van der Waals surface area contributed by atoms with E-state index in [2.05, 4.69) is 0 Å². The molecule has 0 atom stereocenters. The Kier molecular flexibility index (Phi) is 5.55. The van der Waals surface area contributed by atoms with Crippen LogP contribution in [-0.4, -0.2) is 40.6 Å². The van der Waals surface area contributed by atoms with Gasteiger partial charge >= 0.3 is 5.97 Å². The molecule has 1 aromatic carbocycles. The minimum Gasteiger partial charge on any atom is -0.484 e. The molecule has 1 amide bonds. The number of carbonyl (C=O) groups is 2. The number of rotatable bonds is 6. The first-order valence-electron chi connectivity index (χ1n) is 6.60. The third-order valence-corrected chi connectivity index (χ3v) is 2.84. The lowest BCUT2D eigenvalue weighted by Gasteiger charge is -2.30. The van der Waals surface area contributed by atoms with Gasteiger partial charge in [-0.05, 0) is 45.9 Å². The first-order valence-corrected chi connectivity index (χ1v) is 6.60. The number of hydrogen-bond donors (Lipinski definition) is 1. The maximum absolute atomic E-state index is 12.1. The molecular formula is C15H21NO4. The van der Waals surface area contributed by atoms with Gasteiger partial charge in [-0.3, -0.25) is 4.79 Å². The fourth-order valence-electron chi connectivity index (χ4n) is 2.11. The average molecular weight is 279 g/mol. The minimum atomic E-state index is -1.02. The molecule has 0 saturated heterocycles. The molecule has 0 bridgehead atoms. The Bertz CT molecular complexity index is 475. The lowest BCUT2D eigenvalue weighted by atomic mass is 10.2. The van der Waals surface area contributed by atoms with E-state index in [9.17, 15) is 9.59 Å². The summed E-state index contributed by atoms with van der Waals surface area (Å²) < 4.78 is 5.39. The number of hydrogen-bond acceptors (Lipinski definition) is 3. The molecule has 0 fully saturated rings. The van der Waals surface area contributed by atoms with Crippen LogP contribution in [0.4, 0.5) is 0 Å². The van der Waals surface area contributed by atoms with Gasteiger partial charge in [0.2, 0.25) is 0 Å². The van der Waals surface area contributed by atoms with Gasteiger partial charge in [0.25, 0.3) is 5.91 Å². The smallest absolute Gasteiger partial charge is 0.335 e. The number of amides is 1. The predicted octanol–water partition coefficient (Wildman–Crippen LogP) is 2.41. The zero-order valence-corrected chi connectivity index (χ0v) is 12.3. The van der Waals surface area contributed by atoms with E-state index in [1.807, 2.05) is 27.7 Å². The minimum absolute atomic E-state index is 0.0939. The average Bonchev–Trinajstić information content (AvgIpc) is 2.35. The molecule has 1 N–H and O–H groups in total. The molecule has 0 unspecified atom stereocenters.